The molecule has 0 aliphatic carbocycles. The first-order chi connectivity index (χ1) is 11.6. The molecule has 2 heteroatoms. The Balaban J connectivity index is 2.08. The Bertz CT molecular complexity index is 1240. The molecule has 0 amide bonds. The highest BCUT2D eigenvalue weighted by Gasteiger charge is 2.16. The van der Waals surface area contributed by atoms with Crippen molar-refractivity contribution in [2.75, 3.05) is 0 Å². The summed E-state index contributed by atoms with van der Waals surface area (Å²) in [4.78, 5) is 0. The van der Waals surface area contributed by atoms with Crippen molar-refractivity contribution in [3.05, 3.63) is 60.2 Å². The van der Waals surface area contributed by atoms with Crippen LogP contribution in [0.3, 0.4) is 0 Å². The van der Waals surface area contributed by atoms with Gasteiger partial charge in [0.1, 0.15) is 11.2 Å². The van der Waals surface area contributed by atoms with Gasteiger partial charge >= 0.3 is 0 Å². The molecular weight excluding hydrogens is 294 g/mol. The quantitative estimate of drug-likeness (QED) is 0.352. The molecule has 118 valence electrons. The second-order valence-electron chi connectivity index (χ2n) is 6.92. The van der Waals surface area contributed by atoms with Crippen LogP contribution in [0.2, 0.25) is 0 Å². The summed E-state index contributed by atoms with van der Waals surface area (Å²) in [5, 5.41) is 5.04. The molecule has 2 nitrogen and oxygen atoms in total. The zero-order valence-corrected chi connectivity index (χ0v) is 14.1. The van der Waals surface area contributed by atoms with Gasteiger partial charge < -0.3 is 8.98 Å². The van der Waals surface area contributed by atoms with Crippen molar-refractivity contribution in [3.8, 4) is 0 Å². The summed E-state index contributed by atoms with van der Waals surface area (Å²) in [5.74, 6) is 0.506. The van der Waals surface area contributed by atoms with Crippen molar-refractivity contribution in [1.82, 2.24) is 4.57 Å². The molecule has 0 fully saturated rings. The van der Waals surface area contributed by atoms with Crippen molar-refractivity contribution in [2.45, 2.75) is 19.8 Å². The normalized spacial score (nSPS) is 12.3. The van der Waals surface area contributed by atoms with Gasteiger partial charge in [-0.1, -0.05) is 38.1 Å². The van der Waals surface area contributed by atoms with E-state index in [0.717, 1.165) is 11.2 Å². The fraction of sp³-hybridized carbons (Fsp3) is 0.182. The molecule has 3 aromatic carbocycles. The van der Waals surface area contributed by atoms with E-state index in [2.05, 4.69) is 80.1 Å². The molecule has 0 atom stereocenters. The summed E-state index contributed by atoms with van der Waals surface area (Å²) in [7, 11) is 2.14. The minimum atomic E-state index is 0.506. The first-order valence-corrected chi connectivity index (χ1v) is 8.47. The number of rotatable bonds is 1. The van der Waals surface area contributed by atoms with Crippen LogP contribution in [0.15, 0.2) is 59.0 Å². The fourth-order valence-electron chi connectivity index (χ4n) is 3.89. The minimum Gasteiger partial charge on any atom is -0.456 e. The molecule has 2 heterocycles. The highest BCUT2D eigenvalue weighted by molar-refractivity contribution is 6.26. The maximum Gasteiger partial charge on any atom is 0.136 e. The van der Waals surface area contributed by atoms with Gasteiger partial charge in [-0.15, -0.1) is 0 Å². The third-order valence-electron chi connectivity index (χ3n) is 5.20. The number of hydrogen-bond acceptors (Lipinski definition) is 1. The number of benzene rings is 3. The molecule has 0 spiro atoms. The summed E-state index contributed by atoms with van der Waals surface area (Å²) >= 11 is 0. The van der Waals surface area contributed by atoms with Crippen LogP contribution in [-0.2, 0) is 7.05 Å². The molecule has 0 aliphatic rings. The van der Waals surface area contributed by atoms with E-state index in [1.807, 2.05) is 0 Å². The van der Waals surface area contributed by atoms with E-state index in [1.165, 1.54) is 38.1 Å². The van der Waals surface area contributed by atoms with Crippen LogP contribution in [0.5, 0.6) is 0 Å². The Morgan fingerprint density at radius 1 is 0.792 bits per heavy atom. The van der Waals surface area contributed by atoms with Crippen LogP contribution in [-0.4, -0.2) is 4.57 Å². The lowest BCUT2D eigenvalue weighted by molar-refractivity contribution is 0.669. The number of para-hydroxylation sites is 1. The van der Waals surface area contributed by atoms with Crippen molar-refractivity contribution in [3.63, 3.8) is 0 Å². The van der Waals surface area contributed by atoms with Gasteiger partial charge in [-0.2, -0.15) is 0 Å². The van der Waals surface area contributed by atoms with E-state index >= 15 is 0 Å². The average Bonchev–Trinajstić information content (AvgIpc) is 3.10. The molecule has 0 saturated heterocycles. The smallest absolute Gasteiger partial charge is 0.136 e. The van der Waals surface area contributed by atoms with E-state index in [1.54, 1.807) is 0 Å². The van der Waals surface area contributed by atoms with Crippen molar-refractivity contribution < 1.29 is 4.42 Å². The summed E-state index contributed by atoms with van der Waals surface area (Å²) in [6, 6.07) is 19.5. The topological polar surface area (TPSA) is 18.1 Å². The average molecular weight is 313 g/mol. The largest absolute Gasteiger partial charge is 0.456 e. The fourth-order valence-corrected chi connectivity index (χ4v) is 3.89. The van der Waals surface area contributed by atoms with Crippen LogP contribution in [0, 0.1) is 0 Å². The standard InChI is InChI=1S/C22H19NO/c1-13(2)14-8-10-19-16(12-14)22-20(24-19)11-9-18-21(22)15-6-4-5-7-17(15)23(18)3/h4-13H,1-3H3. The zero-order valence-electron chi connectivity index (χ0n) is 14.1. The Kier molecular flexibility index (Phi) is 2.64. The molecule has 0 N–H and O–H groups in total. The van der Waals surface area contributed by atoms with Gasteiger partial charge in [-0.05, 0) is 41.8 Å². The van der Waals surface area contributed by atoms with Crippen molar-refractivity contribution in [1.29, 1.82) is 0 Å². The van der Waals surface area contributed by atoms with E-state index in [0.29, 0.717) is 5.92 Å². The van der Waals surface area contributed by atoms with E-state index in [-0.39, 0.29) is 0 Å². The van der Waals surface area contributed by atoms with Crippen LogP contribution in [0.25, 0.3) is 43.7 Å². The van der Waals surface area contributed by atoms with Gasteiger partial charge in [0.05, 0.1) is 0 Å². The number of aryl methyl sites for hydroxylation is 1. The maximum atomic E-state index is 6.14. The molecule has 0 bridgehead atoms. The highest BCUT2D eigenvalue weighted by Crippen LogP contribution is 2.40. The van der Waals surface area contributed by atoms with Gasteiger partial charge in [-0.25, -0.2) is 0 Å². The molecule has 2 aromatic heterocycles. The highest BCUT2D eigenvalue weighted by atomic mass is 16.3. The summed E-state index contributed by atoms with van der Waals surface area (Å²) in [5.41, 5.74) is 5.79. The van der Waals surface area contributed by atoms with Crippen molar-refractivity contribution in [2.24, 2.45) is 7.05 Å². The van der Waals surface area contributed by atoms with Gasteiger partial charge in [0, 0.05) is 39.6 Å². The molecule has 24 heavy (non-hydrogen) atoms. The predicted octanol–water partition coefficient (Wildman–Crippen LogP) is 6.35. The first kappa shape index (κ1) is 13.7. The minimum absolute atomic E-state index is 0.506. The van der Waals surface area contributed by atoms with Crippen LogP contribution in [0.1, 0.15) is 25.3 Å². The van der Waals surface area contributed by atoms with Gasteiger partial charge in [-0.3, -0.25) is 0 Å². The summed E-state index contributed by atoms with van der Waals surface area (Å²) < 4.78 is 8.42. The number of furan rings is 1. The van der Waals surface area contributed by atoms with Crippen LogP contribution in [0.4, 0.5) is 0 Å². The number of nitrogens with zero attached hydrogens (tertiary/aromatic N) is 1. The second-order valence-corrected chi connectivity index (χ2v) is 6.92. The number of hydrogen-bond donors (Lipinski definition) is 0. The number of aromatic nitrogens is 1. The third kappa shape index (κ3) is 1.66. The van der Waals surface area contributed by atoms with Gasteiger partial charge in [0.2, 0.25) is 0 Å². The van der Waals surface area contributed by atoms with E-state index in [9.17, 15) is 0 Å². The molecule has 0 unspecified atom stereocenters. The monoisotopic (exact) mass is 313 g/mol. The molecular formula is C22H19NO. The lowest BCUT2D eigenvalue weighted by Gasteiger charge is -2.04. The van der Waals surface area contributed by atoms with E-state index in [4.69, 9.17) is 4.42 Å². The maximum absolute atomic E-state index is 6.14. The van der Waals surface area contributed by atoms with E-state index < -0.39 is 0 Å². The molecule has 0 radical (unpaired) electrons. The number of fused-ring (bicyclic) bond motifs is 7. The Hall–Kier alpha value is -2.74. The lowest BCUT2D eigenvalue weighted by atomic mass is 9.99. The van der Waals surface area contributed by atoms with Crippen LogP contribution < -0.4 is 0 Å². The van der Waals surface area contributed by atoms with Gasteiger partial charge in [0.15, 0.2) is 0 Å². The summed E-state index contributed by atoms with van der Waals surface area (Å²) in [6.45, 7) is 4.47. The Morgan fingerprint density at radius 2 is 1.58 bits per heavy atom. The third-order valence-corrected chi connectivity index (χ3v) is 5.20. The second kappa shape index (κ2) is 4.64. The zero-order chi connectivity index (χ0) is 16.4. The van der Waals surface area contributed by atoms with Crippen LogP contribution >= 0.6 is 0 Å². The predicted molar refractivity (Wildman–Crippen MR) is 102 cm³/mol. The Labute approximate surface area is 140 Å². The summed E-state index contributed by atoms with van der Waals surface area (Å²) in [6.07, 6.45) is 0. The molecule has 5 aromatic rings. The SMILES string of the molecule is CC(C)c1ccc2oc3ccc4c(c5ccccc5n4C)c3c2c1. The lowest BCUT2D eigenvalue weighted by Crippen LogP contribution is -1.86. The molecule has 0 aliphatic heterocycles. The Morgan fingerprint density at radius 3 is 2.42 bits per heavy atom. The van der Waals surface area contributed by atoms with Crippen molar-refractivity contribution >= 4 is 43.7 Å². The molecule has 5 rings (SSSR count). The molecule has 0 saturated carbocycles. The van der Waals surface area contributed by atoms with Gasteiger partial charge in [0.25, 0.3) is 0 Å². The first-order valence-electron chi connectivity index (χ1n) is 8.47.